The number of rotatable bonds is 10. The quantitative estimate of drug-likeness (QED) is 0.261. The molecule has 0 amide bonds. The minimum atomic E-state index is -0.0829. The van der Waals surface area contributed by atoms with Crippen molar-refractivity contribution in [2.75, 3.05) is 33.4 Å². The van der Waals surface area contributed by atoms with Gasteiger partial charge in [-0.05, 0) is 38.0 Å². The first kappa shape index (κ1) is 23.7. The third kappa shape index (κ3) is 9.99. The van der Waals surface area contributed by atoms with Crippen LogP contribution in [0.1, 0.15) is 72.6 Å². The molecule has 0 aromatic heterocycles. The van der Waals surface area contributed by atoms with Crippen molar-refractivity contribution >= 4 is 11.9 Å². The zero-order chi connectivity index (χ0) is 20.1. The van der Waals surface area contributed by atoms with E-state index in [4.69, 9.17) is 9.47 Å². The molecule has 1 aliphatic rings. The number of unbranched alkanes of at least 4 members (excludes halogenated alkanes) is 3. The summed E-state index contributed by atoms with van der Waals surface area (Å²) in [6.45, 7) is 11.7. The van der Waals surface area contributed by atoms with Crippen LogP contribution >= 0.6 is 0 Å². The number of nitrogens with zero attached hydrogens (tertiary/aromatic N) is 1. The van der Waals surface area contributed by atoms with Gasteiger partial charge in [-0.2, -0.15) is 0 Å². The van der Waals surface area contributed by atoms with Crippen LogP contribution in [0.4, 0.5) is 0 Å². The Labute approximate surface area is 165 Å². The summed E-state index contributed by atoms with van der Waals surface area (Å²) in [7, 11) is 1.81. The number of hydrogen-bond acceptors (Lipinski definition) is 4. The molecule has 0 radical (unpaired) electrons. The fourth-order valence-electron chi connectivity index (χ4n) is 3.65. The lowest BCUT2D eigenvalue weighted by Crippen LogP contribution is -2.47. The van der Waals surface area contributed by atoms with Crippen LogP contribution in [-0.2, 0) is 14.3 Å². The molecule has 6 heteroatoms. The molecule has 0 aromatic carbocycles. The highest BCUT2D eigenvalue weighted by atomic mass is 16.5. The highest BCUT2D eigenvalue weighted by Gasteiger charge is 2.35. The van der Waals surface area contributed by atoms with Crippen molar-refractivity contribution in [3.05, 3.63) is 0 Å². The minimum absolute atomic E-state index is 0.0829. The molecule has 158 valence electrons. The third-order valence-corrected chi connectivity index (χ3v) is 4.96. The standard InChI is InChI=1S/C21H41N3O3/c1-6-26-18(25)13-9-7-8-10-14-23-20(22-5)24-16-17-12-11-15-27-19(17)21(2,3)4/h17,19H,6-16H2,1-5H3,(H2,22,23,24). The fourth-order valence-corrected chi connectivity index (χ4v) is 3.65. The van der Waals surface area contributed by atoms with E-state index in [-0.39, 0.29) is 17.5 Å². The summed E-state index contributed by atoms with van der Waals surface area (Å²) in [6.07, 6.45) is 7.29. The van der Waals surface area contributed by atoms with Crippen molar-refractivity contribution in [2.24, 2.45) is 16.3 Å². The molecule has 2 atom stereocenters. The lowest BCUT2D eigenvalue weighted by molar-refractivity contribution is -0.143. The van der Waals surface area contributed by atoms with Crippen LogP contribution in [0.3, 0.4) is 0 Å². The molecule has 0 aliphatic carbocycles. The van der Waals surface area contributed by atoms with Gasteiger partial charge in [0.25, 0.3) is 0 Å². The molecule has 0 spiro atoms. The van der Waals surface area contributed by atoms with E-state index in [0.29, 0.717) is 18.9 Å². The topological polar surface area (TPSA) is 72.0 Å². The van der Waals surface area contributed by atoms with Gasteiger partial charge in [0.15, 0.2) is 5.96 Å². The Bertz CT molecular complexity index is 446. The number of carbonyl (C=O) groups excluding carboxylic acids is 1. The molecular formula is C21H41N3O3. The van der Waals surface area contributed by atoms with Gasteiger partial charge in [0, 0.05) is 39.1 Å². The van der Waals surface area contributed by atoms with E-state index >= 15 is 0 Å². The van der Waals surface area contributed by atoms with E-state index < -0.39 is 0 Å². The summed E-state index contributed by atoms with van der Waals surface area (Å²) in [5.41, 5.74) is 0.160. The fraction of sp³-hybridized carbons (Fsp3) is 0.905. The smallest absolute Gasteiger partial charge is 0.305 e. The second kappa shape index (κ2) is 13.0. The van der Waals surface area contributed by atoms with Crippen molar-refractivity contribution in [2.45, 2.75) is 78.7 Å². The predicted octanol–water partition coefficient (Wildman–Crippen LogP) is 3.51. The number of guanidine groups is 1. The van der Waals surface area contributed by atoms with Crippen molar-refractivity contribution in [1.29, 1.82) is 0 Å². The van der Waals surface area contributed by atoms with E-state index in [1.165, 1.54) is 6.42 Å². The first-order chi connectivity index (χ1) is 12.9. The number of esters is 1. The molecule has 6 nitrogen and oxygen atoms in total. The monoisotopic (exact) mass is 383 g/mol. The van der Waals surface area contributed by atoms with Crippen molar-refractivity contribution in [1.82, 2.24) is 10.6 Å². The van der Waals surface area contributed by atoms with Crippen LogP contribution in [0.5, 0.6) is 0 Å². The molecule has 1 fully saturated rings. The Morgan fingerprint density at radius 1 is 1.19 bits per heavy atom. The zero-order valence-corrected chi connectivity index (χ0v) is 18.1. The second-order valence-corrected chi connectivity index (χ2v) is 8.41. The van der Waals surface area contributed by atoms with Gasteiger partial charge >= 0.3 is 5.97 Å². The lowest BCUT2D eigenvalue weighted by atomic mass is 9.78. The highest BCUT2D eigenvalue weighted by molar-refractivity contribution is 5.79. The molecule has 0 aromatic rings. The number of ether oxygens (including phenoxy) is 2. The van der Waals surface area contributed by atoms with Gasteiger partial charge in [-0.25, -0.2) is 0 Å². The van der Waals surface area contributed by atoms with Crippen LogP contribution in [0.2, 0.25) is 0 Å². The summed E-state index contributed by atoms with van der Waals surface area (Å²) in [6, 6.07) is 0. The Morgan fingerprint density at radius 3 is 2.59 bits per heavy atom. The van der Waals surface area contributed by atoms with E-state index in [2.05, 4.69) is 36.4 Å². The summed E-state index contributed by atoms with van der Waals surface area (Å²) in [5, 5.41) is 6.86. The maximum atomic E-state index is 11.3. The van der Waals surface area contributed by atoms with Gasteiger partial charge in [-0.3, -0.25) is 9.79 Å². The van der Waals surface area contributed by atoms with Crippen LogP contribution in [0.25, 0.3) is 0 Å². The van der Waals surface area contributed by atoms with Gasteiger partial charge in [0.05, 0.1) is 12.7 Å². The molecule has 27 heavy (non-hydrogen) atoms. The Morgan fingerprint density at radius 2 is 1.93 bits per heavy atom. The molecule has 1 saturated heterocycles. The van der Waals surface area contributed by atoms with Crippen LogP contribution in [0, 0.1) is 11.3 Å². The molecular weight excluding hydrogens is 342 g/mol. The SMILES string of the molecule is CCOC(=O)CCCCCCNC(=NC)NCC1CCCOC1C(C)(C)C. The first-order valence-corrected chi connectivity index (χ1v) is 10.6. The molecule has 1 aliphatic heterocycles. The summed E-state index contributed by atoms with van der Waals surface area (Å²) in [5.74, 6) is 1.29. The second-order valence-electron chi connectivity index (χ2n) is 8.41. The van der Waals surface area contributed by atoms with Gasteiger partial charge in [-0.15, -0.1) is 0 Å². The summed E-state index contributed by atoms with van der Waals surface area (Å²) >= 11 is 0. The van der Waals surface area contributed by atoms with Crippen molar-refractivity contribution in [3.8, 4) is 0 Å². The van der Waals surface area contributed by atoms with Crippen LogP contribution < -0.4 is 10.6 Å². The van der Waals surface area contributed by atoms with Gasteiger partial charge in [-0.1, -0.05) is 33.6 Å². The highest BCUT2D eigenvalue weighted by Crippen LogP contribution is 2.33. The number of carbonyl (C=O) groups is 1. The number of aliphatic imine (C=N–C) groups is 1. The molecule has 0 bridgehead atoms. The van der Waals surface area contributed by atoms with Crippen molar-refractivity contribution in [3.63, 3.8) is 0 Å². The molecule has 2 unspecified atom stereocenters. The van der Waals surface area contributed by atoms with E-state index in [0.717, 1.165) is 57.8 Å². The lowest BCUT2D eigenvalue weighted by Gasteiger charge is -2.40. The zero-order valence-electron chi connectivity index (χ0n) is 18.1. The first-order valence-electron chi connectivity index (χ1n) is 10.6. The molecule has 2 N–H and O–H groups in total. The maximum absolute atomic E-state index is 11.3. The third-order valence-electron chi connectivity index (χ3n) is 4.96. The largest absolute Gasteiger partial charge is 0.466 e. The molecule has 0 saturated carbocycles. The van der Waals surface area contributed by atoms with Crippen LogP contribution in [-0.4, -0.2) is 51.4 Å². The van der Waals surface area contributed by atoms with Gasteiger partial charge < -0.3 is 20.1 Å². The van der Waals surface area contributed by atoms with E-state index in [1.54, 1.807) is 0 Å². The van der Waals surface area contributed by atoms with Gasteiger partial charge in [0.1, 0.15) is 0 Å². The Hall–Kier alpha value is -1.30. The maximum Gasteiger partial charge on any atom is 0.305 e. The molecule has 1 heterocycles. The normalized spacial score (nSPS) is 21.0. The van der Waals surface area contributed by atoms with Crippen molar-refractivity contribution < 1.29 is 14.3 Å². The number of nitrogens with one attached hydrogen (secondary N) is 2. The molecule has 1 rings (SSSR count). The average molecular weight is 384 g/mol. The van der Waals surface area contributed by atoms with E-state index in [1.807, 2.05) is 14.0 Å². The number of hydrogen-bond donors (Lipinski definition) is 2. The van der Waals surface area contributed by atoms with Gasteiger partial charge in [0.2, 0.25) is 0 Å². The summed E-state index contributed by atoms with van der Waals surface area (Å²) in [4.78, 5) is 15.6. The van der Waals surface area contributed by atoms with Crippen LogP contribution in [0.15, 0.2) is 4.99 Å². The summed E-state index contributed by atoms with van der Waals surface area (Å²) < 4.78 is 11.0. The predicted molar refractivity (Wildman–Crippen MR) is 111 cm³/mol. The average Bonchev–Trinajstić information content (AvgIpc) is 2.63. The van der Waals surface area contributed by atoms with E-state index in [9.17, 15) is 4.79 Å². The Kier molecular flexibility index (Phi) is 11.4. The minimum Gasteiger partial charge on any atom is -0.466 e. The Balaban J connectivity index is 2.18.